The summed E-state index contributed by atoms with van der Waals surface area (Å²) in [5.74, 6) is 0. The summed E-state index contributed by atoms with van der Waals surface area (Å²) in [6, 6.07) is 8.09. The number of aliphatic hydroxyl groups excluding tert-OH is 1. The van der Waals surface area contributed by atoms with Crippen LogP contribution in [0.1, 0.15) is 70.0 Å². The minimum absolute atomic E-state index is 0.355. The van der Waals surface area contributed by atoms with Gasteiger partial charge in [-0.15, -0.1) is 0 Å². The number of fused-ring (bicyclic) bond motifs is 1. The average Bonchev–Trinajstić information content (AvgIpc) is 2.53. The molecule has 1 unspecified atom stereocenters. The summed E-state index contributed by atoms with van der Waals surface area (Å²) in [5, 5.41) is 12.7. The van der Waals surface area contributed by atoms with E-state index in [9.17, 15) is 5.11 Å². The second kappa shape index (κ2) is 8.78. The number of pyridine rings is 1. The molecule has 2 aromatic rings. The number of aromatic nitrogens is 1. The van der Waals surface area contributed by atoms with Crippen molar-refractivity contribution in [1.29, 1.82) is 0 Å². The van der Waals surface area contributed by atoms with Crippen molar-refractivity contribution < 1.29 is 5.11 Å². The molecule has 1 aromatic heterocycles. The van der Waals surface area contributed by atoms with E-state index in [1.807, 2.05) is 30.5 Å². The molecule has 0 bridgehead atoms. The summed E-state index contributed by atoms with van der Waals surface area (Å²) in [6.07, 6.45) is 13.1. The Morgan fingerprint density at radius 2 is 1.76 bits per heavy atom. The molecule has 0 radical (unpaired) electrons. The Labute approximate surface area is 128 Å². The van der Waals surface area contributed by atoms with Crippen molar-refractivity contribution in [3.8, 4) is 0 Å². The highest BCUT2D eigenvalue weighted by molar-refractivity contribution is 5.85. The van der Waals surface area contributed by atoms with Crippen molar-refractivity contribution in [2.75, 3.05) is 0 Å². The number of rotatable bonds is 9. The van der Waals surface area contributed by atoms with Crippen LogP contribution in [0, 0.1) is 0 Å². The first-order chi connectivity index (χ1) is 10.3. The zero-order valence-electron chi connectivity index (χ0n) is 13.1. The first-order valence-electron chi connectivity index (χ1n) is 8.33. The molecule has 0 saturated carbocycles. The number of unbranched alkanes of at least 4 members (excludes halogenated alkanes) is 6. The van der Waals surface area contributed by atoms with Crippen molar-refractivity contribution in [3.05, 3.63) is 42.2 Å². The van der Waals surface area contributed by atoms with Crippen molar-refractivity contribution >= 4 is 10.8 Å². The van der Waals surface area contributed by atoms with Gasteiger partial charge in [-0.25, -0.2) is 0 Å². The molecule has 0 aliphatic heterocycles. The molecule has 2 nitrogen and oxygen atoms in total. The largest absolute Gasteiger partial charge is 0.388 e. The Hall–Kier alpha value is -1.41. The zero-order chi connectivity index (χ0) is 14.9. The maximum absolute atomic E-state index is 10.4. The second-order valence-electron chi connectivity index (χ2n) is 5.87. The molecular weight excluding hydrogens is 258 g/mol. The normalized spacial score (nSPS) is 12.7. The third kappa shape index (κ3) is 4.82. The van der Waals surface area contributed by atoms with Crippen LogP contribution < -0.4 is 0 Å². The van der Waals surface area contributed by atoms with Crippen molar-refractivity contribution in [3.63, 3.8) is 0 Å². The van der Waals surface area contributed by atoms with Crippen molar-refractivity contribution in [2.24, 2.45) is 0 Å². The van der Waals surface area contributed by atoms with E-state index in [1.54, 1.807) is 6.20 Å². The lowest BCUT2D eigenvalue weighted by Gasteiger charge is -2.13. The van der Waals surface area contributed by atoms with Crippen LogP contribution in [0.15, 0.2) is 36.7 Å². The monoisotopic (exact) mass is 285 g/mol. The van der Waals surface area contributed by atoms with E-state index < -0.39 is 0 Å². The van der Waals surface area contributed by atoms with Crippen LogP contribution in [0.2, 0.25) is 0 Å². The lowest BCUT2D eigenvalue weighted by molar-refractivity contribution is 0.165. The van der Waals surface area contributed by atoms with Gasteiger partial charge in [0, 0.05) is 17.8 Å². The SMILES string of the molecule is CCCCCCCCCC(O)c1cccc2cnccc12. The van der Waals surface area contributed by atoms with Gasteiger partial charge in [-0.3, -0.25) is 4.98 Å². The summed E-state index contributed by atoms with van der Waals surface area (Å²) in [5.41, 5.74) is 1.04. The second-order valence-corrected chi connectivity index (χ2v) is 5.87. The number of aliphatic hydroxyl groups is 1. The molecule has 1 aromatic carbocycles. The Morgan fingerprint density at radius 1 is 1.00 bits per heavy atom. The molecule has 0 aliphatic carbocycles. The summed E-state index contributed by atoms with van der Waals surface area (Å²) in [7, 11) is 0. The van der Waals surface area contributed by atoms with Gasteiger partial charge in [-0.05, 0) is 23.4 Å². The maximum Gasteiger partial charge on any atom is 0.0796 e. The Kier molecular flexibility index (Phi) is 6.68. The lowest BCUT2D eigenvalue weighted by Crippen LogP contribution is -1.98. The standard InChI is InChI=1S/C19H27NO/c1-2-3-4-5-6-7-8-12-19(21)18-11-9-10-16-15-20-14-13-17(16)18/h9-11,13-15,19,21H,2-8,12H2,1H3. The highest BCUT2D eigenvalue weighted by Gasteiger charge is 2.10. The fourth-order valence-corrected chi connectivity index (χ4v) is 2.89. The molecule has 0 amide bonds. The van der Waals surface area contributed by atoms with Gasteiger partial charge in [0.05, 0.1) is 6.10 Å². The summed E-state index contributed by atoms with van der Waals surface area (Å²) in [4.78, 5) is 4.14. The van der Waals surface area contributed by atoms with E-state index >= 15 is 0 Å². The number of benzene rings is 1. The maximum atomic E-state index is 10.4. The molecule has 0 saturated heterocycles. The third-order valence-electron chi connectivity index (χ3n) is 4.15. The van der Waals surface area contributed by atoms with Crippen molar-refractivity contribution in [2.45, 2.75) is 64.4 Å². The van der Waals surface area contributed by atoms with Gasteiger partial charge < -0.3 is 5.11 Å². The number of hydrogen-bond donors (Lipinski definition) is 1. The fourth-order valence-electron chi connectivity index (χ4n) is 2.89. The molecular formula is C19H27NO. The highest BCUT2D eigenvalue weighted by atomic mass is 16.3. The Bertz CT molecular complexity index is 533. The number of nitrogens with zero attached hydrogens (tertiary/aromatic N) is 1. The minimum Gasteiger partial charge on any atom is -0.388 e. The summed E-state index contributed by atoms with van der Waals surface area (Å²) < 4.78 is 0. The van der Waals surface area contributed by atoms with Gasteiger partial charge in [0.15, 0.2) is 0 Å². The summed E-state index contributed by atoms with van der Waals surface area (Å²) >= 11 is 0. The molecule has 2 heteroatoms. The summed E-state index contributed by atoms with van der Waals surface area (Å²) in [6.45, 7) is 2.25. The predicted molar refractivity (Wildman–Crippen MR) is 89.3 cm³/mol. The third-order valence-corrected chi connectivity index (χ3v) is 4.15. The van der Waals surface area contributed by atoms with Gasteiger partial charge in [0.1, 0.15) is 0 Å². The topological polar surface area (TPSA) is 33.1 Å². The van der Waals surface area contributed by atoms with Gasteiger partial charge in [0.25, 0.3) is 0 Å². The lowest BCUT2D eigenvalue weighted by atomic mass is 9.97. The Balaban J connectivity index is 1.81. The molecule has 0 fully saturated rings. The van der Waals surface area contributed by atoms with Gasteiger partial charge in [0.2, 0.25) is 0 Å². The molecule has 2 rings (SSSR count). The van der Waals surface area contributed by atoms with Crippen LogP contribution >= 0.6 is 0 Å². The molecule has 0 spiro atoms. The van der Waals surface area contributed by atoms with E-state index in [0.29, 0.717) is 0 Å². The van der Waals surface area contributed by atoms with E-state index in [1.165, 1.54) is 38.5 Å². The van der Waals surface area contributed by atoms with Crippen LogP contribution in [0.3, 0.4) is 0 Å². The Morgan fingerprint density at radius 3 is 2.57 bits per heavy atom. The molecule has 114 valence electrons. The minimum atomic E-state index is -0.355. The van der Waals surface area contributed by atoms with Gasteiger partial charge >= 0.3 is 0 Å². The van der Waals surface area contributed by atoms with Crippen LogP contribution in [0.4, 0.5) is 0 Å². The van der Waals surface area contributed by atoms with Gasteiger partial charge in [-0.1, -0.05) is 70.1 Å². The first-order valence-corrected chi connectivity index (χ1v) is 8.33. The van der Waals surface area contributed by atoms with Crippen LogP contribution in [0.25, 0.3) is 10.8 Å². The van der Waals surface area contributed by atoms with E-state index in [-0.39, 0.29) is 6.10 Å². The zero-order valence-corrected chi connectivity index (χ0v) is 13.1. The molecule has 0 aliphatic rings. The quantitative estimate of drug-likeness (QED) is 0.625. The molecule has 21 heavy (non-hydrogen) atoms. The van der Waals surface area contributed by atoms with E-state index in [4.69, 9.17) is 0 Å². The molecule has 1 atom stereocenters. The predicted octanol–water partition coefficient (Wildman–Crippen LogP) is 5.41. The molecule has 1 N–H and O–H groups in total. The van der Waals surface area contributed by atoms with Crippen molar-refractivity contribution in [1.82, 2.24) is 4.98 Å². The molecule has 1 heterocycles. The average molecular weight is 285 g/mol. The van der Waals surface area contributed by atoms with E-state index in [0.717, 1.165) is 29.2 Å². The van der Waals surface area contributed by atoms with Gasteiger partial charge in [-0.2, -0.15) is 0 Å². The van der Waals surface area contributed by atoms with Crippen LogP contribution in [-0.4, -0.2) is 10.1 Å². The highest BCUT2D eigenvalue weighted by Crippen LogP contribution is 2.27. The first kappa shape index (κ1) is 16.0. The fraction of sp³-hybridized carbons (Fsp3) is 0.526. The van der Waals surface area contributed by atoms with E-state index in [2.05, 4.69) is 11.9 Å². The van der Waals surface area contributed by atoms with Crippen LogP contribution in [-0.2, 0) is 0 Å². The van der Waals surface area contributed by atoms with Crippen LogP contribution in [0.5, 0.6) is 0 Å². The smallest absolute Gasteiger partial charge is 0.0796 e. The number of hydrogen-bond acceptors (Lipinski definition) is 2.